The summed E-state index contributed by atoms with van der Waals surface area (Å²) in [5.41, 5.74) is 1.30. The van der Waals surface area contributed by atoms with Crippen LogP contribution < -0.4 is 5.32 Å². The molecule has 2 aromatic carbocycles. The van der Waals surface area contributed by atoms with Crippen molar-refractivity contribution in [3.63, 3.8) is 0 Å². The van der Waals surface area contributed by atoms with Crippen LogP contribution in [0.2, 0.25) is 5.02 Å². The molecule has 0 atom stereocenters. The Balaban J connectivity index is 2.13. The van der Waals surface area contributed by atoms with Gasteiger partial charge in [-0.1, -0.05) is 27.5 Å². The zero-order valence-corrected chi connectivity index (χ0v) is 11.5. The third kappa shape index (κ3) is 3.43. The van der Waals surface area contributed by atoms with E-state index >= 15 is 0 Å². The maximum absolute atomic E-state index is 13.1. The minimum Gasteiger partial charge on any atom is -0.381 e. The smallest absolute Gasteiger partial charge is 0.126 e. The van der Waals surface area contributed by atoms with Gasteiger partial charge in [0.25, 0.3) is 0 Å². The molecule has 0 amide bonds. The summed E-state index contributed by atoms with van der Waals surface area (Å²) in [7, 11) is 0. The van der Waals surface area contributed by atoms with Gasteiger partial charge in [0.2, 0.25) is 0 Å². The zero-order valence-electron chi connectivity index (χ0n) is 9.18. The molecule has 0 bridgehead atoms. The van der Waals surface area contributed by atoms with Crippen molar-refractivity contribution < 1.29 is 8.78 Å². The number of nitrogens with one attached hydrogen (secondary N) is 1. The highest BCUT2D eigenvalue weighted by molar-refractivity contribution is 9.10. The van der Waals surface area contributed by atoms with Crippen LogP contribution in [-0.4, -0.2) is 0 Å². The molecule has 0 radical (unpaired) electrons. The third-order valence-electron chi connectivity index (χ3n) is 2.35. The summed E-state index contributed by atoms with van der Waals surface area (Å²) < 4.78 is 27.0. The first kappa shape index (κ1) is 13.3. The van der Waals surface area contributed by atoms with Gasteiger partial charge >= 0.3 is 0 Å². The van der Waals surface area contributed by atoms with Gasteiger partial charge in [-0.3, -0.25) is 0 Å². The molecule has 0 aromatic heterocycles. The average molecular weight is 333 g/mol. The molecule has 0 aliphatic carbocycles. The number of benzene rings is 2. The third-order valence-corrected chi connectivity index (χ3v) is 3.35. The lowest BCUT2D eigenvalue weighted by atomic mass is 10.2. The van der Waals surface area contributed by atoms with Gasteiger partial charge in [-0.15, -0.1) is 0 Å². The van der Waals surface area contributed by atoms with E-state index in [9.17, 15) is 8.78 Å². The van der Waals surface area contributed by atoms with E-state index < -0.39 is 5.82 Å². The van der Waals surface area contributed by atoms with E-state index in [1.165, 1.54) is 24.3 Å². The molecule has 1 nitrogen and oxygen atoms in total. The zero-order chi connectivity index (χ0) is 13.1. The van der Waals surface area contributed by atoms with Gasteiger partial charge < -0.3 is 5.32 Å². The standard InChI is InChI=1S/C13H9BrClF2N/c14-13-2-1-10(16)3-8(13)7-18-12-5-9(15)4-11(17)6-12/h1-6,18H,7H2. The van der Waals surface area contributed by atoms with Crippen molar-refractivity contribution in [3.05, 3.63) is 63.1 Å². The summed E-state index contributed by atoms with van der Waals surface area (Å²) in [4.78, 5) is 0. The Kier molecular flexibility index (Phi) is 4.19. The molecule has 0 saturated heterocycles. The molecule has 0 unspecified atom stereocenters. The number of halogens is 4. The van der Waals surface area contributed by atoms with E-state index in [1.807, 2.05) is 0 Å². The molecular formula is C13H9BrClF2N. The fourth-order valence-electron chi connectivity index (χ4n) is 1.53. The normalized spacial score (nSPS) is 10.4. The lowest BCUT2D eigenvalue weighted by Gasteiger charge is -2.09. The van der Waals surface area contributed by atoms with E-state index in [0.717, 1.165) is 10.0 Å². The van der Waals surface area contributed by atoms with Crippen molar-refractivity contribution in [1.82, 2.24) is 0 Å². The first-order chi connectivity index (χ1) is 8.54. The molecule has 2 rings (SSSR count). The van der Waals surface area contributed by atoms with Crippen LogP contribution in [-0.2, 0) is 6.54 Å². The van der Waals surface area contributed by atoms with Gasteiger partial charge in [0.15, 0.2) is 0 Å². The van der Waals surface area contributed by atoms with E-state index in [2.05, 4.69) is 21.2 Å². The van der Waals surface area contributed by atoms with Crippen LogP contribution >= 0.6 is 27.5 Å². The molecule has 0 spiro atoms. The van der Waals surface area contributed by atoms with Gasteiger partial charge in [0.1, 0.15) is 11.6 Å². The van der Waals surface area contributed by atoms with E-state index in [-0.39, 0.29) is 5.82 Å². The summed E-state index contributed by atoms with van der Waals surface area (Å²) in [6.45, 7) is 0.373. The van der Waals surface area contributed by atoms with Crippen LogP contribution in [0.15, 0.2) is 40.9 Å². The minimum absolute atomic E-state index is 0.313. The van der Waals surface area contributed by atoms with Crippen molar-refractivity contribution in [2.75, 3.05) is 5.32 Å². The fourth-order valence-corrected chi connectivity index (χ4v) is 2.14. The molecule has 5 heteroatoms. The maximum Gasteiger partial charge on any atom is 0.126 e. The van der Waals surface area contributed by atoms with Crippen molar-refractivity contribution in [1.29, 1.82) is 0 Å². The summed E-state index contributed by atoms with van der Waals surface area (Å²) >= 11 is 9.07. The van der Waals surface area contributed by atoms with E-state index in [4.69, 9.17) is 11.6 Å². The largest absolute Gasteiger partial charge is 0.381 e. The molecule has 18 heavy (non-hydrogen) atoms. The van der Waals surface area contributed by atoms with Crippen LogP contribution in [0.3, 0.4) is 0 Å². The fraction of sp³-hybridized carbons (Fsp3) is 0.0769. The molecule has 1 N–H and O–H groups in total. The van der Waals surface area contributed by atoms with Crippen LogP contribution in [0.25, 0.3) is 0 Å². The Morgan fingerprint density at radius 3 is 2.56 bits per heavy atom. The van der Waals surface area contributed by atoms with Gasteiger partial charge in [0, 0.05) is 21.7 Å². The first-order valence-corrected chi connectivity index (χ1v) is 6.35. The Morgan fingerprint density at radius 2 is 1.83 bits per heavy atom. The molecular weight excluding hydrogens is 324 g/mol. The molecule has 2 aromatic rings. The van der Waals surface area contributed by atoms with Crippen LogP contribution in [0, 0.1) is 11.6 Å². The minimum atomic E-state index is -0.414. The number of rotatable bonds is 3. The molecule has 0 aliphatic rings. The second-order valence-electron chi connectivity index (χ2n) is 3.75. The van der Waals surface area contributed by atoms with Crippen molar-refractivity contribution >= 4 is 33.2 Å². The number of hydrogen-bond acceptors (Lipinski definition) is 1. The quantitative estimate of drug-likeness (QED) is 0.834. The second kappa shape index (κ2) is 5.67. The first-order valence-electron chi connectivity index (χ1n) is 5.18. The van der Waals surface area contributed by atoms with Gasteiger partial charge in [0.05, 0.1) is 0 Å². The van der Waals surface area contributed by atoms with Gasteiger partial charge in [-0.25, -0.2) is 8.78 Å². The van der Waals surface area contributed by atoms with E-state index in [0.29, 0.717) is 17.3 Å². The number of anilines is 1. The van der Waals surface area contributed by atoms with Crippen LogP contribution in [0.4, 0.5) is 14.5 Å². The average Bonchev–Trinajstić information content (AvgIpc) is 2.29. The molecule has 0 aliphatic heterocycles. The molecule has 0 heterocycles. The highest BCUT2D eigenvalue weighted by Crippen LogP contribution is 2.21. The monoisotopic (exact) mass is 331 g/mol. The summed E-state index contributed by atoms with van der Waals surface area (Å²) in [6, 6.07) is 8.58. The predicted molar refractivity (Wildman–Crippen MR) is 72.8 cm³/mol. The second-order valence-corrected chi connectivity index (χ2v) is 5.04. The SMILES string of the molecule is Fc1cc(Cl)cc(NCc2cc(F)ccc2Br)c1. The maximum atomic E-state index is 13.1. The highest BCUT2D eigenvalue weighted by Gasteiger charge is 2.03. The molecule has 0 fully saturated rings. The van der Waals surface area contributed by atoms with Crippen LogP contribution in [0.5, 0.6) is 0 Å². The van der Waals surface area contributed by atoms with Gasteiger partial charge in [-0.05, 0) is 42.0 Å². The number of hydrogen-bond donors (Lipinski definition) is 1. The van der Waals surface area contributed by atoms with Crippen molar-refractivity contribution in [2.24, 2.45) is 0 Å². The topological polar surface area (TPSA) is 12.0 Å². The predicted octanol–water partition coefficient (Wildman–Crippen LogP) is 4.99. The Morgan fingerprint density at radius 1 is 1.06 bits per heavy atom. The van der Waals surface area contributed by atoms with Gasteiger partial charge in [-0.2, -0.15) is 0 Å². The summed E-state index contributed by atoms with van der Waals surface area (Å²) in [6.07, 6.45) is 0. The Bertz CT molecular complexity index is 555. The Labute approximate surface area is 117 Å². The van der Waals surface area contributed by atoms with Crippen molar-refractivity contribution in [3.8, 4) is 0 Å². The Hall–Kier alpha value is -1.13. The summed E-state index contributed by atoms with van der Waals surface area (Å²) in [5.74, 6) is -0.726. The van der Waals surface area contributed by atoms with E-state index in [1.54, 1.807) is 12.1 Å². The molecule has 94 valence electrons. The lowest BCUT2D eigenvalue weighted by molar-refractivity contribution is 0.625. The highest BCUT2D eigenvalue weighted by atomic mass is 79.9. The summed E-state index contributed by atoms with van der Waals surface area (Å²) in [5, 5.41) is 3.31. The lowest BCUT2D eigenvalue weighted by Crippen LogP contribution is -2.01. The van der Waals surface area contributed by atoms with Crippen LogP contribution in [0.1, 0.15) is 5.56 Å². The molecule has 0 saturated carbocycles. The van der Waals surface area contributed by atoms with Crippen molar-refractivity contribution in [2.45, 2.75) is 6.54 Å².